The first kappa shape index (κ1) is 20.1. The van der Waals surface area contributed by atoms with Gasteiger partial charge in [-0.3, -0.25) is 19.6 Å². The van der Waals surface area contributed by atoms with Crippen LogP contribution in [-0.4, -0.2) is 31.9 Å². The second kappa shape index (κ2) is 8.15. The Morgan fingerprint density at radius 2 is 2.11 bits per heavy atom. The zero-order valence-electron chi connectivity index (χ0n) is 15.4. The number of carbonyl (C=O) groups is 1. The number of aryl methyl sites for hydroxylation is 1. The average molecular weight is 421 g/mol. The zero-order chi connectivity index (χ0) is 20.4. The van der Waals surface area contributed by atoms with Crippen LogP contribution in [0, 0.1) is 24.0 Å². The van der Waals surface area contributed by atoms with Crippen molar-refractivity contribution in [3.63, 3.8) is 0 Å². The molecule has 0 aliphatic heterocycles. The molecular weight excluding hydrogens is 404 g/mol. The zero-order valence-corrected chi connectivity index (χ0v) is 17.0. The van der Waals surface area contributed by atoms with Crippen LogP contribution in [-0.2, 0) is 22.7 Å². The molecule has 2 heterocycles. The van der Waals surface area contributed by atoms with E-state index < -0.39 is 10.9 Å². The maximum absolute atomic E-state index is 12.2. The van der Waals surface area contributed by atoms with E-state index in [9.17, 15) is 14.9 Å². The number of pyridine rings is 1. The summed E-state index contributed by atoms with van der Waals surface area (Å²) in [5.74, 6) is -0.575. The Morgan fingerprint density at radius 1 is 1.36 bits per heavy atom. The van der Waals surface area contributed by atoms with Crippen molar-refractivity contribution in [1.29, 1.82) is 0 Å². The Hall–Kier alpha value is -2.65. The number of nitrogens with zero attached hydrogens (tertiary/aromatic N) is 4. The van der Waals surface area contributed by atoms with Crippen molar-refractivity contribution in [3.8, 4) is 0 Å². The van der Waals surface area contributed by atoms with E-state index in [1.807, 2.05) is 30.5 Å². The third-order valence-corrected chi connectivity index (χ3v) is 5.30. The summed E-state index contributed by atoms with van der Waals surface area (Å²) in [4.78, 5) is 28.1. The number of halogens is 1. The number of carbonyl (C=O) groups excluding carboxylic acids is 1. The van der Waals surface area contributed by atoms with Gasteiger partial charge < -0.3 is 4.74 Å². The molecule has 0 saturated carbocycles. The number of hydrogen-bond acceptors (Lipinski definition) is 7. The van der Waals surface area contributed by atoms with Crippen LogP contribution in [0.3, 0.4) is 0 Å². The Kier molecular flexibility index (Phi) is 5.85. The average Bonchev–Trinajstić information content (AvgIpc) is 2.92. The molecule has 3 rings (SSSR count). The number of fused-ring (bicyclic) bond motifs is 1. The van der Waals surface area contributed by atoms with Gasteiger partial charge in [0, 0.05) is 15.8 Å². The second-order valence-corrected chi connectivity index (χ2v) is 7.33. The number of esters is 1. The fourth-order valence-corrected chi connectivity index (χ4v) is 3.46. The SMILES string of the molecule is CSc1ccc2cc(COC(=O)Cn3nc(C)c([N+](=O)[O-])c3C)c(Cl)nc2c1. The summed E-state index contributed by atoms with van der Waals surface area (Å²) < 4.78 is 6.54. The number of rotatable bonds is 6. The van der Waals surface area contributed by atoms with Crippen molar-refractivity contribution in [2.24, 2.45) is 0 Å². The molecule has 0 fully saturated rings. The van der Waals surface area contributed by atoms with Crippen LogP contribution >= 0.6 is 23.4 Å². The van der Waals surface area contributed by atoms with E-state index in [-0.39, 0.29) is 29.7 Å². The molecule has 28 heavy (non-hydrogen) atoms. The van der Waals surface area contributed by atoms with Crippen LogP contribution in [0.5, 0.6) is 0 Å². The summed E-state index contributed by atoms with van der Waals surface area (Å²) in [7, 11) is 0. The number of aromatic nitrogens is 3. The van der Waals surface area contributed by atoms with Gasteiger partial charge in [0.2, 0.25) is 0 Å². The molecule has 0 unspecified atom stereocenters. The lowest BCUT2D eigenvalue weighted by Gasteiger charge is -2.09. The maximum atomic E-state index is 12.2. The summed E-state index contributed by atoms with van der Waals surface area (Å²) in [6.07, 6.45) is 1.98. The second-order valence-electron chi connectivity index (χ2n) is 6.09. The Morgan fingerprint density at radius 3 is 2.75 bits per heavy atom. The summed E-state index contributed by atoms with van der Waals surface area (Å²) in [5, 5.41) is 16.2. The van der Waals surface area contributed by atoms with Gasteiger partial charge in [0.1, 0.15) is 29.7 Å². The molecule has 0 bridgehead atoms. The molecule has 1 aromatic carbocycles. The van der Waals surface area contributed by atoms with E-state index in [4.69, 9.17) is 16.3 Å². The smallest absolute Gasteiger partial charge is 0.328 e. The first-order chi connectivity index (χ1) is 13.3. The highest BCUT2D eigenvalue weighted by Gasteiger charge is 2.23. The van der Waals surface area contributed by atoms with Gasteiger partial charge in [0.15, 0.2) is 0 Å². The van der Waals surface area contributed by atoms with Gasteiger partial charge in [0.25, 0.3) is 0 Å². The molecule has 146 valence electrons. The fraction of sp³-hybridized carbons (Fsp3) is 0.278. The van der Waals surface area contributed by atoms with Gasteiger partial charge in [0.05, 0.1) is 10.4 Å². The molecule has 0 atom stereocenters. The van der Waals surface area contributed by atoms with E-state index in [1.165, 1.54) is 11.6 Å². The van der Waals surface area contributed by atoms with Crippen LogP contribution < -0.4 is 0 Å². The highest BCUT2D eigenvalue weighted by Crippen LogP contribution is 2.25. The topological polar surface area (TPSA) is 100 Å². The molecule has 8 nitrogen and oxygen atoms in total. The molecule has 0 N–H and O–H groups in total. The van der Waals surface area contributed by atoms with Crippen LogP contribution in [0.1, 0.15) is 17.0 Å². The van der Waals surface area contributed by atoms with Gasteiger partial charge >= 0.3 is 11.7 Å². The van der Waals surface area contributed by atoms with Crippen molar-refractivity contribution in [2.75, 3.05) is 6.26 Å². The van der Waals surface area contributed by atoms with Gasteiger partial charge in [-0.2, -0.15) is 5.10 Å². The van der Waals surface area contributed by atoms with Gasteiger partial charge in [-0.05, 0) is 38.3 Å². The molecule has 0 aliphatic rings. The van der Waals surface area contributed by atoms with Crippen LogP contribution in [0.15, 0.2) is 29.2 Å². The molecule has 0 aliphatic carbocycles. The van der Waals surface area contributed by atoms with Crippen LogP contribution in [0.2, 0.25) is 5.15 Å². The van der Waals surface area contributed by atoms with E-state index in [1.54, 1.807) is 18.7 Å². The monoisotopic (exact) mass is 420 g/mol. The van der Waals surface area contributed by atoms with Gasteiger partial charge in [-0.15, -0.1) is 11.8 Å². The molecule has 10 heteroatoms. The van der Waals surface area contributed by atoms with Crippen LogP contribution in [0.25, 0.3) is 10.9 Å². The standard InChI is InChI=1S/C18H17ClN4O4S/c1-10-17(23(25)26)11(2)22(21-10)8-16(24)27-9-13-6-12-4-5-14(28-3)7-15(12)20-18(13)19/h4-7H,8-9H2,1-3H3. The minimum absolute atomic E-state index is 0.0493. The van der Waals surface area contributed by atoms with Crippen molar-refractivity contribution in [2.45, 2.75) is 31.9 Å². The first-order valence-electron chi connectivity index (χ1n) is 8.27. The number of thioether (sulfide) groups is 1. The van der Waals surface area contributed by atoms with Crippen LogP contribution in [0.4, 0.5) is 5.69 Å². The molecule has 0 radical (unpaired) electrons. The molecule has 0 spiro atoms. The largest absolute Gasteiger partial charge is 0.459 e. The van der Waals surface area contributed by atoms with E-state index in [0.29, 0.717) is 11.3 Å². The minimum atomic E-state index is -0.575. The Bertz CT molecular complexity index is 1080. The molecule has 0 saturated heterocycles. The van der Waals surface area contributed by atoms with Gasteiger partial charge in [-0.25, -0.2) is 4.98 Å². The van der Waals surface area contributed by atoms with Crippen molar-refractivity contribution < 1.29 is 14.5 Å². The quantitative estimate of drug-likeness (QED) is 0.195. The Balaban J connectivity index is 1.72. The van der Waals surface area contributed by atoms with E-state index in [2.05, 4.69) is 10.1 Å². The lowest BCUT2D eigenvalue weighted by atomic mass is 10.2. The summed E-state index contributed by atoms with van der Waals surface area (Å²) in [6, 6.07) is 7.69. The number of nitro groups is 1. The number of hydrogen-bond donors (Lipinski definition) is 0. The van der Waals surface area contributed by atoms with Crippen molar-refractivity contribution in [3.05, 3.63) is 56.5 Å². The molecular formula is C18H17ClN4O4S. The van der Waals surface area contributed by atoms with Crippen molar-refractivity contribution >= 4 is 45.9 Å². The summed E-state index contributed by atoms with van der Waals surface area (Å²) in [6.45, 7) is 2.79. The normalized spacial score (nSPS) is 11.0. The third-order valence-electron chi connectivity index (χ3n) is 4.24. The lowest BCUT2D eigenvalue weighted by Crippen LogP contribution is -2.16. The van der Waals surface area contributed by atoms with E-state index in [0.717, 1.165) is 15.8 Å². The van der Waals surface area contributed by atoms with Crippen molar-refractivity contribution in [1.82, 2.24) is 14.8 Å². The third kappa shape index (κ3) is 4.10. The predicted octanol–water partition coefficient (Wildman–Crippen LogP) is 4.08. The van der Waals surface area contributed by atoms with Gasteiger partial charge in [-0.1, -0.05) is 17.7 Å². The van der Waals surface area contributed by atoms with E-state index >= 15 is 0 Å². The fourth-order valence-electron chi connectivity index (χ4n) is 2.83. The summed E-state index contributed by atoms with van der Waals surface area (Å²) >= 11 is 7.84. The highest BCUT2D eigenvalue weighted by molar-refractivity contribution is 7.98. The molecule has 0 amide bonds. The minimum Gasteiger partial charge on any atom is -0.459 e. The highest BCUT2D eigenvalue weighted by atomic mass is 35.5. The maximum Gasteiger partial charge on any atom is 0.328 e. The summed E-state index contributed by atoms with van der Waals surface area (Å²) in [5.41, 5.74) is 1.80. The number of ether oxygens (including phenoxy) is 1. The predicted molar refractivity (Wildman–Crippen MR) is 107 cm³/mol. The molecule has 2 aromatic heterocycles. The molecule has 3 aromatic rings. The number of benzene rings is 1. The lowest BCUT2D eigenvalue weighted by molar-refractivity contribution is -0.386. The first-order valence-corrected chi connectivity index (χ1v) is 9.87. The Labute approximate surface area is 170 Å².